The first-order valence-corrected chi connectivity index (χ1v) is 7.50. The van der Waals surface area contributed by atoms with Gasteiger partial charge in [0.05, 0.1) is 5.56 Å². The van der Waals surface area contributed by atoms with Gasteiger partial charge in [-0.2, -0.15) is 0 Å². The maximum absolute atomic E-state index is 12.3. The van der Waals surface area contributed by atoms with Gasteiger partial charge in [0.25, 0.3) is 5.91 Å². The van der Waals surface area contributed by atoms with Gasteiger partial charge in [0.15, 0.2) is 11.5 Å². The molecule has 3 rings (SSSR count). The van der Waals surface area contributed by atoms with E-state index in [2.05, 4.69) is 19.2 Å². The van der Waals surface area contributed by atoms with E-state index in [1.807, 2.05) is 24.3 Å². The van der Waals surface area contributed by atoms with Gasteiger partial charge in [0.2, 0.25) is 6.79 Å². The maximum Gasteiger partial charge on any atom is 0.253 e. The summed E-state index contributed by atoms with van der Waals surface area (Å²) in [5, 5.41) is 2.96. The molecule has 5 nitrogen and oxygen atoms in total. The summed E-state index contributed by atoms with van der Waals surface area (Å²) in [7, 11) is 0. The van der Waals surface area contributed by atoms with E-state index in [9.17, 15) is 4.79 Å². The standard InChI is InChI=1S/C18H20N2O3/c1-18(2,12-7-8-15-16(9-12)23-11-22-15)10-20-17(21)13-5-3-4-6-14(13)19/h3-9H,10-11,19H2,1-2H3,(H,20,21). The summed E-state index contributed by atoms with van der Waals surface area (Å²) < 4.78 is 10.7. The van der Waals surface area contributed by atoms with Crippen LogP contribution in [0.25, 0.3) is 0 Å². The van der Waals surface area contributed by atoms with Crippen molar-refractivity contribution >= 4 is 11.6 Å². The number of carbonyl (C=O) groups excluding carboxylic acids is 1. The maximum atomic E-state index is 12.3. The van der Waals surface area contributed by atoms with Crippen LogP contribution in [0.1, 0.15) is 29.8 Å². The largest absolute Gasteiger partial charge is 0.454 e. The quantitative estimate of drug-likeness (QED) is 0.851. The van der Waals surface area contributed by atoms with Crippen LogP contribution in [0.2, 0.25) is 0 Å². The zero-order valence-corrected chi connectivity index (χ0v) is 13.3. The highest BCUT2D eigenvalue weighted by atomic mass is 16.7. The second-order valence-electron chi connectivity index (χ2n) is 6.22. The van der Waals surface area contributed by atoms with E-state index >= 15 is 0 Å². The van der Waals surface area contributed by atoms with E-state index in [4.69, 9.17) is 15.2 Å². The second-order valence-corrected chi connectivity index (χ2v) is 6.22. The third kappa shape index (κ3) is 3.08. The number of hydrogen-bond acceptors (Lipinski definition) is 4. The van der Waals surface area contributed by atoms with Crippen LogP contribution in [0.3, 0.4) is 0 Å². The lowest BCUT2D eigenvalue weighted by atomic mass is 9.84. The number of ether oxygens (including phenoxy) is 2. The normalized spacial score (nSPS) is 13.0. The Balaban J connectivity index is 1.71. The summed E-state index contributed by atoms with van der Waals surface area (Å²) in [4.78, 5) is 12.3. The minimum atomic E-state index is -0.250. The van der Waals surface area contributed by atoms with Crippen LogP contribution in [0, 0.1) is 0 Å². The molecule has 0 fully saturated rings. The highest BCUT2D eigenvalue weighted by Crippen LogP contribution is 2.36. The number of carbonyl (C=O) groups is 1. The Morgan fingerprint density at radius 3 is 2.70 bits per heavy atom. The molecule has 1 heterocycles. The molecule has 0 saturated heterocycles. The molecule has 2 aromatic rings. The Hall–Kier alpha value is -2.69. The molecule has 0 saturated carbocycles. The van der Waals surface area contributed by atoms with Crippen LogP contribution in [0.5, 0.6) is 11.5 Å². The highest BCUT2D eigenvalue weighted by Gasteiger charge is 2.25. The average molecular weight is 312 g/mol. The van der Waals surface area contributed by atoms with Gasteiger partial charge in [-0.05, 0) is 29.8 Å². The Morgan fingerprint density at radius 1 is 1.17 bits per heavy atom. The van der Waals surface area contributed by atoms with Gasteiger partial charge < -0.3 is 20.5 Å². The molecular weight excluding hydrogens is 292 g/mol. The molecule has 0 radical (unpaired) electrons. The SMILES string of the molecule is CC(C)(CNC(=O)c1ccccc1N)c1ccc2c(c1)OCO2. The number of nitrogens with one attached hydrogen (secondary N) is 1. The van der Waals surface area contributed by atoms with Crippen LogP contribution in [-0.2, 0) is 5.41 Å². The zero-order chi connectivity index (χ0) is 16.4. The lowest BCUT2D eigenvalue weighted by molar-refractivity contribution is 0.0946. The molecule has 0 bridgehead atoms. The summed E-state index contributed by atoms with van der Waals surface area (Å²) >= 11 is 0. The minimum absolute atomic E-state index is 0.170. The Kier molecular flexibility index (Phi) is 3.86. The molecule has 0 atom stereocenters. The van der Waals surface area contributed by atoms with Crippen molar-refractivity contribution in [3.8, 4) is 11.5 Å². The van der Waals surface area contributed by atoms with E-state index in [0.29, 0.717) is 17.8 Å². The first-order valence-electron chi connectivity index (χ1n) is 7.50. The monoisotopic (exact) mass is 312 g/mol. The molecule has 1 amide bonds. The van der Waals surface area contributed by atoms with Crippen molar-refractivity contribution in [1.29, 1.82) is 0 Å². The first-order chi connectivity index (χ1) is 11.0. The van der Waals surface area contributed by atoms with Crippen molar-refractivity contribution in [2.75, 3.05) is 19.1 Å². The highest BCUT2D eigenvalue weighted by molar-refractivity contribution is 5.99. The number of hydrogen-bond donors (Lipinski definition) is 2. The van der Waals surface area contributed by atoms with E-state index in [-0.39, 0.29) is 18.1 Å². The number of para-hydroxylation sites is 1. The molecule has 120 valence electrons. The molecule has 23 heavy (non-hydrogen) atoms. The van der Waals surface area contributed by atoms with Crippen molar-refractivity contribution in [1.82, 2.24) is 5.32 Å². The van der Waals surface area contributed by atoms with Crippen LogP contribution in [-0.4, -0.2) is 19.2 Å². The van der Waals surface area contributed by atoms with Gasteiger partial charge in [0, 0.05) is 17.6 Å². The predicted molar refractivity (Wildman–Crippen MR) is 88.8 cm³/mol. The zero-order valence-electron chi connectivity index (χ0n) is 13.3. The smallest absolute Gasteiger partial charge is 0.253 e. The molecule has 5 heteroatoms. The molecule has 0 aliphatic carbocycles. The lowest BCUT2D eigenvalue weighted by Gasteiger charge is -2.26. The molecule has 0 unspecified atom stereocenters. The first kappa shape index (κ1) is 15.2. The van der Waals surface area contributed by atoms with Crippen LogP contribution >= 0.6 is 0 Å². The van der Waals surface area contributed by atoms with Crippen LogP contribution < -0.4 is 20.5 Å². The summed E-state index contributed by atoms with van der Waals surface area (Å²) in [5.74, 6) is 1.33. The minimum Gasteiger partial charge on any atom is -0.454 e. The van der Waals surface area contributed by atoms with Gasteiger partial charge in [0.1, 0.15) is 0 Å². The third-order valence-corrected chi connectivity index (χ3v) is 4.05. The number of benzene rings is 2. The van der Waals surface area contributed by atoms with Crippen molar-refractivity contribution in [2.45, 2.75) is 19.3 Å². The van der Waals surface area contributed by atoms with Crippen molar-refractivity contribution in [2.24, 2.45) is 0 Å². The van der Waals surface area contributed by atoms with E-state index in [1.165, 1.54) is 0 Å². The summed E-state index contributed by atoms with van der Waals surface area (Å²) in [5.41, 5.74) is 7.64. The number of fused-ring (bicyclic) bond motifs is 1. The number of nitrogens with two attached hydrogens (primary N) is 1. The van der Waals surface area contributed by atoms with Crippen molar-refractivity contribution < 1.29 is 14.3 Å². The lowest BCUT2D eigenvalue weighted by Crippen LogP contribution is -2.36. The fourth-order valence-corrected chi connectivity index (χ4v) is 2.52. The number of nitrogen functional groups attached to an aromatic ring is 1. The third-order valence-electron chi connectivity index (χ3n) is 4.05. The van der Waals surface area contributed by atoms with Crippen LogP contribution in [0.4, 0.5) is 5.69 Å². The summed E-state index contributed by atoms with van der Waals surface area (Å²) in [6.45, 7) is 4.88. The van der Waals surface area contributed by atoms with Gasteiger partial charge in [-0.25, -0.2) is 0 Å². The molecule has 0 aromatic heterocycles. The summed E-state index contributed by atoms with van der Waals surface area (Å²) in [6, 6.07) is 12.9. The predicted octanol–water partition coefficient (Wildman–Crippen LogP) is 2.71. The van der Waals surface area contributed by atoms with E-state index < -0.39 is 0 Å². The Bertz CT molecular complexity index is 741. The van der Waals surface area contributed by atoms with E-state index in [0.717, 1.165) is 17.1 Å². The van der Waals surface area contributed by atoms with Crippen molar-refractivity contribution in [3.05, 3.63) is 53.6 Å². The van der Waals surface area contributed by atoms with Gasteiger partial charge in [-0.15, -0.1) is 0 Å². The molecule has 0 spiro atoms. The summed E-state index contributed by atoms with van der Waals surface area (Å²) in [6.07, 6.45) is 0. The van der Waals surface area contributed by atoms with Gasteiger partial charge in [-0.3, -0.25) is 4.79 Å². The molecule has 1 aliphatic heterocycles. The number of anilines is 1. The topological polar surface area (TPSA) is 73.6 Å². The van der Waals surface area contributed by atoms with Crippen LogP contribution in [0.15, 0.2) is 42.5 Å². The fraction of sp³-hybridized carbons (Fsp3) is 0.278. The number of rotatable bonds is 4. The Morgan fingerprint density at radius 2 is 1.91 bits per heavy atom. The van der Waals surface area contributed by atoms with Gasteiger partial charge >= 0.3 is 0 Å². The van der Waals surface area contributed by atoms with E-state index in [1.54, 1.807) is 18.2 Å². The molecule has 2 aromatic carbocycles. The van der Waals surface area contributed by atoms with Crippen molar-refractivity contribution in [3.63, 3.8) is 0 Å². The molecule has 3 N–H and O–H groups in total. The fourth-order valence-electron chi connectivity index (χ4n) is 2.52. The van der Waals surface area contributed by atoms with Gasteiger partial charge in [-0.1, -0.05) is 32.0 Å². The molecule has 1 aliphatic rings. The average Bonchev–Trinajstić information content (AvgIpc) is 3.00. The number of amides is 1. The Labute approximate surface area is 135 Å². The second kappa shape index (κ2) is 5.83. The molecular formula is C18H20N2O3.